The molecule has 1 aliphatic carbocycles. The SMILES string of the molecule is CCC(=O)c1c(-c2ccc(F)cc2)oc2cc(N(CCOCCOCCOCCO)S(C)(=O)=O)c(C3CC3)cc12. The Morgan fingerprint density at radius 2 is 1.65 bits per heavy atom. The molecule has 1 fully saturated rings. The molecule has 1 aromatic heterocycles. The van der Waals surface area contributed by atoms with Gasteiger partial charge in [0.1, 0.15) is 17.2 Å². The van der Waals surface area contributed by atoms with Gasteiger partial charge in [-0.05, 0) is 54.7 Å². The second-order valence-electron chi connectivity index (χ2n) is 9.67. The summed E-state index contributed by atoms with van der Waals surface area (Å²) in [5, 5.41) is 9.32. The van der Waals surface area contributed by atoms with Crippen LogP contribution >= 0.6 is 0 Å². The maximum Gasteiger partial charge on any atom is 0.232 e. The van der Waals surface area contributed by atoms with Gasteiger partial charge >= 0.3 is 0 Å². The molecule has 11 heteroatoms. The third-order valence-corrected chi connectivity index (χ3v) is 7.83. The van der Waals surface area contributed by atoms with Crippen molar-refractivity contribution in [1.29, 1.82) is 0 Å². The van der Waals surface area contributed by atoms with Crippen LogP contribution < -0.4 is 4.31 Å². The Hall–Kier alpha value is -2.83. The lowest BCUT2D eigenvalue weighted by molar-refractivity contribution is 0.00897. The van der Waals surface area contributed by atoms with Crippen molar-refractivity contribution in [3.63, 3.8) is 0 Å². The van der Waals surface area contributed by atoms with Gasteiger partial charge in [0.2, 0.25) is 10.0 Å². The topological polar surface area (TPSA) is 116 Å². The Labute approximate surface area is 233 Å². The molecule has 40 heavy (non-hydrogen) atoms. The van der Waals surface area contributed by atoms with E-state index in [1.807, 2.05) is 6.07 Å². The number of carbonyl (C=O) groups is 1. The van der Waals surface area contributed by atoms with Crippen LogP contribution in [0.5, 0.6) is 0 Å². The third-order valence-electron chi connectivity index (χ3n) is 6.65. The van der Waals surface area contributed by atoms with E-state index in [9.17, 15) is 17.6 Å². The molecule has 0 radical (unpaired) electrons. The summed E-state index contributed by atoms with van der Waals surface area (Å²) in [7, 11) is -3.67. The monoisotopic (exact) mass is 577 g/mol. The first-order chi connectivity index (χ1) is 19.2. The number of rotatable bonds is 17. The summed E-state index contributed by atoms with van der Waals surface area (Å²) in [6.45, 7) is 3.59. The molecule has 0 aliphatic heterocycles. The van der Waals surface area contributed by atoms with Gasteiger partial charge in [0.15, 0.2) is 5.78 Å². The Bertz CT molecular complexity index is 1400. The zero-order valence-corrected chi connectivity index (χ0v) is 23.7. The molecule has 0 unspecified atom stereocenters. The van der Waals surface area contributed by atoms with E-state index in [-0.39, 0.29) is 51.1 Å². The minimum atomic E-state index is -3.67. The zero-order valence-electron chi connectivity index (χ0n) is 22.9. The van der Waals surface area contributed by atoms with Crippen molar-refractivity contribution in [3.05, 3.63) is 53.3 Å². The van der Waals surface area contributed by atoms with Gasteiger partial charge < -0.3 is 23.7 Å². The van der Waals surface area contributed by atoms with Crippen LogP contribution in [0.4, 0.5) is 10.1 Å². The summed E-state index contributed by atoms with van der Waals surface area (Å²) in [6.07, 6.45) is 3.26. The molecular weight excluding hydrogens is 541 g/mol. The van der Waals surface area contributed by atoms with Crippen molar-refractivity contribution < 1.29 is 41.3 Å². The molecule has 0 bridgehead atoms. The van der Waals surface area contributed by atoms with Crippen molar-refractivity contribution in [2.45, 2.75) is 32.1 Å². The number of aliphatic hydroxyl groups excluding tert-OH is 1. The maximum absolute atomic E-state index is 13.6. The first-order valence-electron chi connectivity index (χ1n) is 13.5. The standard InChI is InChI=1S/C29H36FNO8S/c1-3-26(33)28-24-18-23(20-4-5-20)25(19-27(24)39-29(28)21-6-8-22(30)9-7-21)31(40(2,34)35)10-12-36-14-16-38-17-15-37-13-11-32/h6-9,18-20,32H,3-5,10-17H2,1-2H3. The molecule has 0 spiro atoms. The van der Waals surface area contributed by atoms with E-state index in [1.165, 1.54) is 16.4 Å². The fourth-order valence-electron chi connectivity index (χ4n) is 4.56. The predicted octanol–water partition coefficient (Wildman–Crippen LogP) is 4.52. The van der Waals surface area contributed by atoms with Crippen molar-refractivity contribution in [2.24, 2.45) is 0 Å². The molecule has 1 N–H and O–H groups in total. The highest BCUT2D eigenvalue weighted by molar-refractivity contribution is 7.92. The Kier molecular flexibility index (Phi) is 10.3. The second kappa shape index (κ2) is 13.7. The van der Waals surface area contributed by atoms with E-state index < -0.39 is 15.8 Å². The summed E-state index contributed by atoms with van der Waals surface area (Å²) in [5.74, 6) is 0.0193. The van der Waals surface area contributed by atoms with Crippen LogP contribution in [-0.2, 0) is 24.2 Å². The highest BCUT2D eigenvalue weighted by Gasteiger charge is 2.33. The minimum Gasteiger partial charge on any atom is -0.455 e. The van der Waals surface area contributed by atoms with Crippen molar-refractivity contribution in [2.75, 3.05) is 63.4 Å². The van der Waals surface area contributed by atoms with Gasteiger partial charge in [0.05, 0.1) is 70.3 Å². The molecule has 1 heterocycles. The van der Waals surface area contributed by atoms with E-state index in [0.717, 1.165) is 24.7 Å². The lowest BCUT2D eigenvalue weighted by Crippen LogP contribution is -2.34. The van der Waals surface area contributed by atoms with Gasteiger partial charge in [-0.25, -0.2) is 12.8 Å². The average molecular weight is 578 g/mol. The largest absolute Gasteiger partial charge is 0.455 e. The number of nitrogens with zero attached hydrogens (tertiary/aromatic N) is 1. The Morgan fingerprint density at radius 1 is 1.02 bits per heavy atom. The van der Waals surface area contributed by atoms with E-state index in [0.29, 0.717) is 53.4 Å². The van der Waals surface area contributed by atoms with E-state index in [2.05, 4.69) is 0 Å². The summed E-state index contributed by atoms with van der Waals surface area (Å²) in [6, 6.07) is 9.32. The number of ketones is 1. The maximum atomic E-state index is 13.6. The van der Waals surface area contributed by atoms with Gasteiger partial charge in [-0.15, -0.1) is 0 Å². The van der Waals surface area contributed by atoms with Gasteiger partial charge in [0.25, 0.3) is 0 Å². The van der Waals surface area contributed by atoms with Gasteiger partial charge in [-0.2, -0.15) is 0 Å². The van der Waals surface area contributed by atoms with Crippen molar-refractivity contribution >= 4 is 32.5 Å². The molecule has 4 rings (SSSR count). The fraction of sp³-hybridized carbons (Fsp3) is 0.483. The van der Waals surface area contributed by atoms with Crippen LogP contribution in [0.15, 0.2) is 40.8 Å². The number of fused-ring (bicyclic) bond motifs is 1. The fourth-order valence-corrected chi connectivity index (χ4v) is 5.48. The molecule has 2 aromatic carbocycles. The number of sulfonamides is 1. The van der Waals surface area contributed by atoms with Crippen LogP contribution in [-0.4, -0.2) is 78.4 Å². The molecule has 3 aromatic rings. The number of hydrogen-bond donors (Lipinski definition) is 1. The number of halogens is 1. The molecule has 1 saturated carbocycles. The molecular formula is C29H36FNO8S. The number of benzene rings is 2. The van der Waals surface area contributed by atoms with E-state index in [4.69, 9.17) is 23.7 Å². The molecule has 0 amide bonds. The van der Waals surface area contributed by atoms with Gasteiger partial charge in [0, 0.05) is 23.4 Å². The lowest BCUT2D eigenvalue weighted by atomic mass is 9.97. The predicted molar refractivity (Wildman–Crippen MR) is 150 cm³/mol. The van der Waals surface area contributed by atoms with Gasteiger partial charge in [-0.1, -0.05) is 6.92 Å². The number of hydrogen-bond acceptors (Lipinski definition) is 8. The van der Waals surface area contributed by atoms with Crippen LogP contribution in [0.2, 0.25) is 0 Å². The second-order valence-corrected chi connectivity index (χ2v) is 11.6. The first kappa shape index (κ1) is 30.1. The Balaban J connectivity index is 1.59. The number of anilines is 1. The number of carbonyl (C=O) groups excluding carboxylic acids is 1. The van der Waals surface area contributed by atoms with Gasteiger partial charge in [-0.3, -0.25) is 9.10 Å². The molecule has 0 atom stereocenters. The van der Waals surface area contributed by atoms with Crippen LogP contribution in [0, 0.1) is 5.82 Å². The number of furan rings is 1. The van der Waals surface area contributed by atoms with Crippen molar-refractivity contribution in [1.82, 2.24) is 0 Å². The first-order valence-corrected chi connectivity index (χ1v) is 15.3. The summed E-state index contributed by atoms with van der Waals surface area (Å²) in [4.78, 5) is 13.1. The quantitative estimate of drug-likeness (QED) is 0.184. The average Bonchev–Trinajstić information content (AvgIpc) is 3.71. The highest BCUT2D eigenvalue weighted by atomic mass is 32.2. The third kappa shape index (κ3) is 7.46. The van der Waals surface area contributed by atoms with E-state index in [1.54, 1.807) is 25.1 Å². The molecule has 1 aliphatic rings. The van der Waals surface area contributed by atoms with Crippen molar-refractivity contribution in [3.8, 4) is 11.3 Å². The summed E-state index contributed by atoms with van der Waals surface area (Å²) >= 11 is 0. The minimum absolute atomic E-state index is 0.0390. The van der Waals surface area contributed by atoms with Crippen LogP contribution in [0.25, 0.3) is 22.3 Å². The summed E-state index contributed by atoms with van der Waals surface area (Å²) < 4.78 is 63.1. The normalized spacial score (nSPS) is 13.7. The van der Waals surface area contributed by atoms with Crippen LogP contribution in [0.3, 0.4) is 0 Å². The van der Waals surface area contributed by atoms with Crippen LogP contribution in [0.1, 0.15) is 48.0 Å². The molecule has 218 valence electrons. The zero-order chi connectivity index (χ0) is 28.7. The molecule has 9 nitrogen and oxygen atoms in total. The van der Waals surface area contributed by atoms with E-state index >= 15 is 0 Å². The number of ether oxygens (including phenoxy) is 3. The Morgan fingerprint density at radius 3 is 2.23 bits per heavy atom. The number of aliphatic hydroxyl groups is 1. The lowest BCUT2D eigenvalue weighted by Gasteiger charge is -2.25. The number of Topliss-reactive ketones (excluding diaryl/α,β-unsaturated/α-hetero) is 1. The highest BCUT2D eigenvalue weighted by Crippen LogP contribution is 2.48. The molecule has 0 saturated heterocycles. The summed E-state index contributed by atoms with van der Waals surface area (Å²) in [5.41, 5.74) is 2.74. The smallest absolute Gasteiger partial charge is 0.232 e.